The number of hydrogen-bond donors (Lipinski definition) is 3. The number of aliphatic hydroxyl groups is 2. The van der Waals surface area contributed by atoms with Crippen molar-refractivity contribution in [1.29, 1.82) is 0 Å². The van der Waals surface area contributed by atoms with Crippen molar-refractivity contribution in [3.8, 4) is 5.75 Å². The summed E-state index contributed by atoms with van der Waals surface area (Å²) in [5.41, 5.74) is 0.530. The van der Waals surface area contributed by atoms with Crippen LogP contribution in [0.3, 0.4) is 0 Å². The first-order valence-corrected chi connectivity index (χ1v) is 10.1. The summed E-state index contributed by atoms with van der Waals surface area (Å²) in [6.45, 7) is 1.19. The van der Waals surface area contributed by atoms with Gasteiger partial charge in [-0.05, 0) is 43.2 Å². The molecule has 0 bridgehead atoms. The molecular formula is C19H19F3N4O3S. The van der Waals surface area contributed by atoms with Crippen molar-refractivity contribution in [2.75, 3.05) is 18.4 Å². The highest BCUT2D eigenvalue weighted by Gasteiger charge is 2.31. The number of rotatable bonds is 5. The SMILES string of the molecule is OC1CCN(C(O)c2cc3c(Nc4ccc(OC(F)(F)F)cc4)ncnc3s2)CC1. The van der Waals surface area contributed by atoms with Gasteiger partial charge in [-0.25, -0.2) is 9.97 Å². The zero-order valence-corrected chi connectivity index (χ0v) is 16.5. The van der Waals surface area contributed by atoms with Crippen LogP contribution in [-0.2, 0) is 0 Å². The van der Waals surface area contributed by atoms with Crippen molar-refractivity contribution < 1.29 is 28.1 Å². The monoisotopic (exact) mass is 440 g/mol. The molecule has 30 heavy (non-hydrogen) atoms. The highest BCUT2D eigenvalue weighted by atomic mass is 32.1. The van der Waals surface area contributed by atoms with E-state index in [9.17, 15) is 23.4 Å². The number of aromatic nitrogens is 2. The van der Waals surface area contributed by atoms with Gasteiger partial charge in [0.05, 0.1) is 16.4 Å². The smallest absolute Gasteiger partial charge is 0.406 e. The van der Waals surface area contributed by atoms with E-state index in [1.165, 1.54) is 41.9 Å². The van der Waals surface area contributed by atoms with Gasteiger partial charge in [-0.1, -0.05) is 0 Å². The van der Waals surface area contributed by atoms with Crippen LogP contribution in [0.5, 0.6) is 5.75 Å². The number of benzene rings is 1. The van der Waals surface area contributed by atoms with E-state index in [0.717, 1.165) is 0 Å². The molecule has 1 aromatic carbocycles. The third kappa shape index (κ3) is 4.81. The fourth-order valence-electron chi connectivity index (χ4n) is 3.29. The lowest BCUT2D eigenvalue weighted by atomic mass is 10.1. The van der Waals surface area contributed by atoms with Crippen molar-refractivity contribution in [2.45, 2.75) is 31.5 Å². The number of ether oxygens (including phenoxy) is 1. The van der Waals surface area contributed by atoms with Gasteiger partial charge in [0, 0.05) is 18.8 Å². The molecule has 11 heteroatoms. The van der Waals surface area contributed by atoms with Gasteiger partial charge >= 0.3 is 6.36 Å². The van der Waals surface area contributed by atoms with Gasteiger partial charge in [0.25, 0.3) is 0 Å². The minimum absolute atomic E-state index is 0.312. The molecular weight excluding hydrogens is 421 g/mol. The number of aliphatic hydroxyl groups excluding tert-OH is 2. The van der Waals surface area contributed by atoms with E-state index in [2.05, 4.69) is 20.0 Å². The Morgan fingerprint density at radius 2 is 1.87 bits per heavy atom. The number of alkyl halides is 3. The maximum Gasteiger partial charge on any atom is 0.573 e. The van der Waals surface area contributed by atoms with Gasteiger partial charge in [-0.2, -0.15) is 0 Å². The van der Waals surface area contributed by atoms with Gasteiger partial charge in [0.1, 0.15) is 29.0 Å². The van der Waals surface area contributed by atoms with E-state index in [-0.39, 0.29) is 11.9 Å². The van der Waals surface area contributed by atoms with Crippen LogP contribution in [0, 0.1) is 0 Å². The molecule has 1 aliphatic rings. The van der Waals surface area contributed by atoms with Crippen LogP contribution in [0.25, 0.3) is 10.2 Å². The fourth-order valence-corrected chi connectivity index (χ4v) is 4.31. The first kappa shape index (κ1) is 20.8. The Kier molecular flexibility index (Phi) is 5.78. The molecule has 0 radical (unpaired) electrons. The summed E-state index contributed by atoms with van der Waals surface area (Å²) in [6, 6.07) is 7.13. The molecule has 0 spiro atoms. The number of likely N-dealkylation sites (tertiary alicyclic amines) is 1. The lowest BCUT2D eigenvalue weighted by Gasteiger charge is -2.32. The van der Waals surface area contributed by atoms with Crippen LogP contribution < -0.4 is 10.1 Å². The molecule has 1 saturated heterocycles. The van der Waals surface area contributed by atoms with E-state index < -0.39 is 12.6 Å². The Hall–Kier alpha value is -2.47. The van der Waals surface area contributed by atoms with Crippen molar-refractivity contribution in [2.24, 2.45) is 0 Å². The number of halogens is 3. The van der Waals surface area contributed by atoms with E-state index in [0.29, 0.717) is 52.5 Å². The second kappa shape index (κ2) is 8.34. The van der Waals surface area contributed by atoms with Crippen molar-refractivity contribution in [3.63, 3.8) is 0 Å². The average molecular weight is 440 g/mol. The van der Waals surface area contributed by atoms with Crippen LogP contribution in [0.2, 0.25) is 0 Å². The summed E-state index contributed by atoms with van der Waals surface area (Å²) in [4.78, 5) is 11.8. The molecule has 1 fully saturated rings. The van der Waals surface area contributed by atoms with Crippen molar-refractivity contribution in [1.82, 2.24) is 14.9 Å². The number of piperidine rings is 1. The number of anilines is 2. The molecule has 3 heterocycles. The minimum atomic E-state index is -4.74. The van der Waals surface area contributed by atoms with Crippen LogP contribution >= 0.6 is 11.3 Å². The number of nitrogens with zero attached hydrogens (tertiary/aromatic N) is 3. The first-order chi connectivity index (χ1) is 14.3. The standard InChI is InChI=1S/C19H19F3N4O3S/c20-19(21,22)29-13-3-1-11(2-4-13)25-16-14-9-15(30-17(14)24-10-23-16)18(28)26-7-5-12(27)6-8-26/h1-4,9-10,12,18,27-28H,5-8H2,(H,23,24,25). The van der Waals surface area contributed by atoms with Gasteiger partial charge in [-0.15, -0.1) is 24.5 Å². The second-order valence-corrected chi connectivity index (χ2v) is 7.99. The lowest BCUT2D eigenvalue weighted by Crippen LogP contribution is -2.38. The molecule has 1 aliphatic heterocycles. The molecule has 0 saturated carbocycles. The quantitative estimate of drug-likeness (QED) is 0.556. The zero-order valence-electron chi connectivity index (χ0n) is 15.6. The van der Waals surface area contributed by atoms with Crippen LogP contribution in [-0.4, -0.2) is 50.6 Å². The molecule has 3 aromatic rings. The topological polar surface area (TPSA) is 90.7 Å². The summed E-state index contributed by atoms with van der Waals surface area (Å²) in [7, 11) is 0. The Bertz CT molecular complexity index is 1000. The zero-order chi connectivity index (χ0) is 21.3. The largest absolute Gasteiger partial charge is 0.573 e. The average Bonchev–Trinajstić information content (AvgIpc) is 3.14. The summed E-state index contributed by atoms with van der Waals surface area (Å²) >= 11 is 1.34. The molecule has 1 unspecified atom stereocenters. The molecule has 0 amide bonds. The van der Waals surface area contributed by atoms with Crippen molar-refractivity contribution >= 4 is 33.1 Å². The lowest BCUT2D eigenvalue weighted by molar-refractivity contribution is -0.274. The highest BCUT2D eigenvalue weighted by Crippen LogP contribution is 2.35. The summed E-state index contributed by atoms with van der Waals surface area (Å²) in [5, 5.41) is 24.1. The number of hydrogen-bond acceptors (Lipinski definition) is 8. The van der Waals surface area contributed by atoms with Gasteiger partial charge in [-0.3, -0.25) is 4.90 Å². The third-order valence-corrected chi connectivity index (χ3v) is 5.88. The second-order valence-electron chi connectivity index (χ2n) is 6.93. The Morgan fingerprint density at radius 1 is 1.17 bits per heavy atom. The van der Waals surface area contributed by atoms with Gasteiger partial charge in [0.15, 0.2) is 0 Å². The van der Waals surface area contributed by atoms with Gasteiger partial charge < -0.3 is 20.3 Å². The summed E-state index contributed by atoms with van der Waals surface area (Å²) in [6.07, 6.45) is -3.26. The molecule has 4 rings (SSSR count). The summed E-state index contributed by atoms with van der Waals surface area (Å²) < 4.78 is 40.8. The fraction of sp³-hybridized carbons (Fsp3) is 0.368. The maximum atomic E-state index is 12.3. The molecule has 1 atom stereocenters. The number of thiophene rings is 1. The van der Waals surface area contributed by atoms with Crippen LogP contribution in [0.15, 0.2) is 36.7 Å². The Labute approximate surface area is 173 Å². The maximum absolute atomic E-state index is 12.3. The molecule has 7 nitrogen and oxygen atoms in total. The normalized spacial score (nSPS) is 17.2. The molecule has 2 aromatic heterocycles. The minimum Gasteiger partial charge on any atom is -0.406 e. The first-order valence-electron chi connectivity index (χ1n) is 9.26. The molecule has 160 valence electrons. The predicted octanol–water partition coefficient (Wildman–Crippen LogP) is 3.78. The Balaban J connectivity index is 1.52. The molecule has 3 N–H and O–H groups in total. The number of nitrogens with one attached hydrogen (secondary N) is 1. The van der Waals surface area contributed by atoms with Crippen LogP contribution in [0.1, 0.15) is 23.9 Å². The predicted molar refractivity (Wildman–Crippen MR) is 106 cm³/mol. The van der Waals surface area contributed by atoms with E-state index in [1.807, 2.05) is 4.90 Å². The highest BCUT2D eigenvalue weighted by molar-refractivity contribution is 7.18. The van der Waals surface area contributed by atoms with E-state index >= 15 is 0 Å². The van der Waals surface area contributed by atoms with Crippen LogP contribution in [0.4, 0.5) is 24.7 Å². The third-order valence-electron chi connectivity index (χ3n) is 4.80. The van der Waals surface area contributed by atoms with Crippen molar-refractivity contribution in [3.05, 3.63) is 41.5 Å². The van der Waals surface area contributed by atoms with E-state index in [1.54, 1.807) is 6.07 Å². The van der Waals surface area contributed by atoms with E-state index in [4.69, 9.17) is 0 Å². The summed E-state index contributed by atoms with van der Waals surface area (Å²) in [5.74, 6) is 0.168. The molecule has 0 aliphatic carbocycles. The number of fused-ring (bicyclic) bond motifs is 1. The van der Waals surface area contributed by atoms with Gasteiger partial charge in [0.2, 0.25) is 0 Å². The Morgan fingerprint density at radius 3 is 2.53 bits per heavy atom.